The highest BCUT2D eigenvalue weighted by molar-refractivity contribution is 6.37. The summed E-state index contributed by atoms with van der Waals surface area (Å²) in [5, 5.41) is 4.32. The number of carbonyl (C=O) groups is 1. The van der Waals surface area contributed by atoms with Crippen LogP contribution in [0, 0.1) is 0 Å². The minimum absolute atomic E-state index is 0.0743. The molecule has 1 aliphatic heterocycles. The fourth-order valence-corrected chi connectivity index (χ4v) is 3.62. The van der Waals surface area contributed by atoms with E-state index in [0.29, 0.717) is 15.6 Å². The lowest BCUT2D eigenvalue weighted by Crippen LogP contribution is -2.41. The van der Waals surface area contributed by atoms with Gasteiger partial charge in [-0.05, 0) is 62.7 Å². The molecule has 1 atom stereocenters. The maximum atomic E-state index is 13.3. The van der Waals surface area contributed by atoms with E-state index in [2.05, 4.69) is 5.32 Å². The minimum Gasteiger partial charge on any atom is -0.317 e. The lowest BCUT2D eigenvalue weighted by molar-refractivity contribution is 0.0974. The van der Waals surface area contributed by atoms with Crippen molar-refractivity contribution in [3.8, 4) is 0 Å². The standard InChI is InChI=1S/C19H20Cl2N2O/c20-14-8-9-17(18(21)13-14)19(24)23(15-5-2-1-3-6-15)16-7-4-11-22-12-10-16/h1-3,5-6,8-9,13,16,22H,4,7,10-12H2. The van der Waals surface area contributed by atoms with Crippen LogP contribution in [0.1, 0.15) is 29.6 Å². The maximum Gasteiger partial charge on any atom is 0.260 e. The van der Waals surface area contributed by atoms with E-state index in [4.69, 9.17) is 23.2 Å². The van der Waals surface area contributed by atoms with Crippen LogP contribution < -0.4 is 10.2 Å². The second kappa shape index (κ2) is 8.02. The average Bonchev–Trinajstić information content (AvgIpc) is 2.85. The minimum atomic E-state index is -0.0743. The Labute approximate surface area is 152 Å². The number of anilines is 1. The molecule has 1 amide bonds. The van der Waals surface area contributed by atoms with Crippen molar-refractivity contribution in [1.29, 1.82) is 0 Å². The summed E-state index contributed by atoms with van der Waals surface area (Å²) in [5.74, 6) is -0.0743. The third-order valence-corrected chi connectivity index (χ3v) is 4.87. The maximum absolute atomic E-state index is 13.3. The number of hydrogen-bond donors (Lipinski definition) is 1. The van der Waals surface area contributed by atoms with Crippen LogP contribution in [0.25, 0.3) is 0 Å². The summed E-state index contributed by atoms with van der Waals surface area (Å²) in [6, 6.07) is 15.0. The summed E-state index contributed by atoms with van der Waals surface area (Å²) < 4.78 is 0. The molecule has 2 aromatic rings. The summed E-state index contributed by atoms with van der Waals surface area (Å²) >= 11 is 12.3. The van der Waals surface area contributed by atoms with Crippen LogP contribution in [-0.4, -0.2) is 25.0 Å². The molecule has 1 fully saturated rings. The van der Waals surface area contributed by atoms with Crippen LogP contribution in [0.3, 0.4) is 0 Å². The van der Waals surface area contributed by atoms with E-state index in [1.165, 1.54) is 0 Å². The number of nitrogens with zero attached hydrogens (tertiary/aromatic N) is 1. The Hall–Kier alpha value is -1.55. The van der Waals surface area contributed by atoms with Crippen molar-refractivity contribution in [1.82, 2.24) is 5.32 Å². The van der Waals surface area contributed by atoms with Gasteiger partial charge in [-0.2, -0.15) is 0 Å². The van der Waals surface area contributed by atoms with Crippen LogP contribution in [0.5, 0.6) is 0 Å². The monoisotopic (exact) mass is 362 g/mol. The van der Waals surface area contributed by atoms with E-state index in [1.54, 1.807) is 18.2 Å². The summed E-state index contributed by atoms with van der Waals surface area (Å²) in [6.07, 6.45) is 2.94. The first-order valence-corrected chi connectivity index (χ1v) is 8.97. The zero-order valence-corrected chi connectivity index (χ0v) is 14.9. The predicted molar refractivity (Wildman–Crippen MR) is 100 cm³/mol. The van der Waals surface area contributed by atoms with Crippen LogP contribution in [0.15, 0.2) is 48.5 Å². The highest BCUT2D eigenvalue weighted by atomic mass is 35.5. The first-order valence-electron chi connectivity index (χ1n) is 8.21. The topological polar surface area (TPSA) is 32.3 Å². The SMILES string of the molecule is O=C(c1ccc(Cl)cc1Cl)N(c1ccccc1)C1CCCNCC1. The molecular weight excluding hydrogens is 343 g/mol. The third kappa shape index (κ3) is 3.92. The van der Waals surface area contributed by atoms with Crippen molar-refractivity contribution in [3.63, 3.8) is 0 Å². The van der Waals surface area contributed by atoms with Crippen molar-refractivity contribution in [2.24, 2.45) is 0 Å². The fourth-order valence-electron chi connectivity index (χ4n) is 3.13. The number of amides is 1. The van der Waals surface area contributed by atoms with Gasteiger partial charge < -0.3 is 10.2 Å². The molecule has 1 heterocycles. The van der Waals surface area contributed by atoms with Crippen LogP contribution >= 0.6 is 23.2 Å². The lowest BCUT2D eigenvalue weighted by atomic mass is 10.0. The number of halogens is 2. The van der Waals surface area contributed by atoms with Crippen LogP contribution in [0.4, 0.5) is 5.69 Å². The van der Waals surface area contributed by atoms with E-state index < -0.39 is 0 Å². The van der Waals surface area contributed by atoms with Crippen molar-refractivity contribution in [2.45, 2.75) is 25.3 Å². The van der Waals surface area contributed by atoms with Gasteiger partial charge in [0, 0.05) is 16.8 Å². The Balaban J connectivity index is 1.98. The molecule has 5 heteroatoms. The molecule has 126 valence electrons. The largest absolute Gasteiger partial charge is 0.317 e. The fraction of sp³-hybridized carbons (Fsp3) is 0.316. The molecule has 24 heavy (non-hydrogen) atoms. The molecule has 1 aliphatic rings. The molecule has 1 N–H and O–H groups in total. The number of hydrogen-bond acceptors (Lipinski definition) is 2. The molecule has 2 aromatic carbocycles. The van der Waals surface area contributed by atoms with Gasteiger partial charge in [0.1, 0.15) is 0 Å². The molecule has 3 rings (SSSR count). The van der Waals surface area contributed by atoms with Crippen molar-refractivity contribution >= 4 is 34.8 Å². The molecule has 0 bridgehead atoms. The van der Waals surface area contributed by atoms with E-state index in [-0.39, 0.29) is 11.9 Å². The van der Waals surface area contributed by atoms with Crippen molar-refractivity contribution in [2.75, 3.05) is 18.0 Å². The number of rotatable bonds is 3. The van der Waals surface area contributed by atoms with Crippen LogP contribution in [-0.2, 0) is 0 Å². The summed E-state index contributed by atoms with van der Waals surface area (Å²) in [5.41, 5.74) is 1.39. The second-order valence-corrected chi connectivity index (χ2v) is 6.81. The van der Waals surface area contributed by atoms with Gasteiger partial charge in [0.15, 0.2) is 0 Å². The normalized spacial score (nSPS) is 18.0. The summed E-state index contributed by atoms with van der Waals surface area (Å²) in [7, 11) is 0. The molecule has 1 saturated heterocycles. The Morgan fingerprint density at radius 2 is 1.83 bits per heavy atom. The third-order valence-electron chi connectivity index (χ3n) is 4.33. The molecule has 0 radical (unpaired) electrons. The Bertz CT molecular complexity index is 698. The molecule has 0 aliphatic carbocycles. The van der Waals surface area contributed by atoms with Gasteiger partial charge in [-0.15, -0.1) is 0 Å². The average molecular weight is 363 g/mol. The smallest absolute Gasteiger partial charge is 0.260 e. The highest BCUT2D eigenvalue weighted by Crippen LogP contribution is 2.28. The Morgan fingerprint density at radius 1 is 1.04 bits per heavy atom. The molecule has 0 spiro atoms. The number of para-hydroxylation sites is 1. The van der Waals surface area contributed by atoms with E-state index in [1.807, 2.05) is 35.2 Å². The first-order chi connectivity index (χ1) is 11.7. The molecule has 3 nitrogen and oxygen atoms in total. The predicted octanol–water partition coefficient (Wildman–Crippen LogP) is 4.78. The summed E-state index contributed by atoms with van der Waals surface area (Å²) in [6.45, 7) is 1.91. The Morgan fingerprint density at radius 3 is 2.58 bits per heavy atom. The van der Waals surface area contributed by atoms with Gasteiger partial charge in [-0.25, -0.2) is 0 Å². The number of benzene rings is 2. The Kier molecular flexibility index (Phi) is 5.77. The van der Waals surface area contributed by atoms with Crippen molar-refractivity contribution in [3.05, 3.63) is 64.1 Å². The van der Waals surface area contributed by atoms with Gasteiger partial charge in [0.25, 0.3) is 5.91 Å². The van der Waals surface area contributed by atoms with Gasteiger partial charge in [-0.1, -0.05) is 41.4 Å². The number of carbonyl (C=O) groups excluding carboxylic acids is 1. The molecule has 0 aromatic heterocycles. The molecule has 0 saturated carbocycles. The van der Waals surface area contributed by atoms with E-state index >= 15 is 0 Å². The van der Waals surface area contributed by atoms with Gasteiger partial charge in [0.2, 0.25) is 0 Å². The van der Waals surface area contributed by atoms with Crippen molar-refractivity contribution < 1.29 is 4.79 Å². The van der Waals surface area contributed by atoms with Gasteiger partial charge in [-0.3, -0.25) is 4.79 Å². The quantitative estimate of drug-likeness (QED) is 0.851. The van der Waals surface area contributed by atoms with E-state index in [0.717, 1.165) is 38.0 Å². The molecular formula is C19H20Cl2N2O. The second-order valence-electron chi connectivity index (χ2n) is 5.97. The van der Waals surface area contributed by atoms with Gasteiger partial charge in [0.05, 0.1) is 10.6 Å². The van der Waals surface area contributed by atoms with Crippen LogP contribution in [0.2, 0.25) is 10.0 Å². The molecule has 1 unspecified atom stereocenters. The zero-order chi connectivity index (χ0) is 16.9. The first kappa shape index (κ1) is 17.3. The van der Waals surface area contributed by atoms with Gasteiger partial charge >= 0.3 is 0 Å². The highest BCUT2D eigenvalue weighted by Gasteiger charge is 2.28. The number of nitrogens with one attached hydrogen (secondary N) is 1. The lowest BCUT2D eigenvalue weighted by Gasteiger charge is -2.31. The van der Waals surface area contributed by atoms with E-state index in [9.17, 15) is 4.79 Å². The summed E-state index contributed by atoms with van der Waals surface area (Å²) in [4.78, 5) is 15.2. The zero-order valence-electron chi connectivity index (χ0n) is 13.3.